The van der Waals surface area contributed by atoms with E-state index >= 15 is 0 Å². The molecule has 178 valence electrons. The fourth-order valence-corrected chi connectivity index (χ4v) is 4.10. The third-order valence-electron chi connectivity index (χ3n) is 5.81. The smallest absolute Gasteiger partial charge is 0.159 e. The lowest BCUT2D eigenvalue weighted by atomic mass is 10.0. The van der Waals surface area contributed by atoms with Gasteiger partial charge in [0.25, 0.3) is 0 Å². The van der Waals surface area contributed by atoms with Crippen LogP contribution in [-0.4, -0.2) is 16.5 Å². The summed E-state index contributed by atoms with van der Waals surface area (Å²) < 4.78 is 1.04. The third kappa shape index (κ3) is 11.2. The number of aromatic nitrogens is 2. The summed E-state index contributed by atoms with van der Waals surface area (Å²) in [7, 11) is 0. The van der Waals surface area contributed by atoms with Crippen LogP contribution in [0.1, 0.15) is 96.8 Å². The van der Waals surface area contributed by atoms with Crippen LogP contribution < -0.4 is 16.4 Å². The molecule has 4 N–H and O–H groups in total. The van der Waals surface area contributed by atoms with Crippen LogP contribution >= 0.6 is 15.9 Å². The van der Waals surface area contributed by atoms with Gasteiger partial charge in [0.05, 0.1) is 0 Å². The second-order valence-electron chi connectivity index (χ2n) is 8.64. The molecule has 0 atom stereocenters. The Morgan fingerprint density at radius 2 is 1.22 bits per heavy atom. The van der Waals surface area contributed by atoms with E-state index in [9.17, 15) is 0 Å². The summed E-state index contributed by atoms with van der Waals surface area (Å²) in [6.07, 6.45) is 20.7. The van der Waals surface area contributed by atoms with Crippen LogP contribution in [0.2, 0.25) is 0 Å². The third-order valence-corrected chi connectivity index (χ3v) is 6.34. The summed E-state index contributed by atoms with van der Waals surface area (Å²) in [4.78, 5) is 8.58. The molecule has 2 rings (SSSR count). The Hall–Kier alpha value is -1.82. The van der Waals surface area contributed by atoms with Gasteiger partial charge < -0.3 is 16.4 Å². The molecular weight excluding hydrogens is 462 g/mol. The maximum atomic E-state index is 6.26. The first-order valence-electron chi connectivity index (χ1n) is 12.6. The van der Waals surface area contributed by atoms with Crippen molar-refractivity contribution in [2.75, 3.05) is 22.9 Å². The van der Waals surface area contributed by atoms with Gasteiger partial charge in [-0.25, -0.2) is 9.97 Å². The number of benzene rings is 1. The van der Waals surface area contributed by atoms with Gasteiger partial charge in [-0.05, 0) is 30.7 Å². The molecule has 5 nitrogen and oxygen atoms in total. The summed E-state index contributed by atoms with van der Waals surface area (Å²) in [6, 6.07) is 7.92. The van der Waals surface area contributed by atoms with Crippen molar-refractivity contribution in [3.8, 4) is 0 Å². The Morgan fingerprint density at radius 1 is 0.719 bits per heavy atom. The number of hydrogen-bond donors (Lipinski definition) is 3. The Bertz CT molecular complexity index is 735. The van der Waals surface area contributed by atoms with Crippen LogP contribution in [0.15, 0.2) is 35.1 Å². The summed E-state index contributed by atoms with van der Waals surface area (Å²) in [6.45, 7) is 3.17. The van der Waals surface area contributed by atoms with Crippen molar-refractivity contribution in [3.05, 3.63) is 35.1 Å². The Morgan fingerprint density at radius 3 is 1.78 bits per heavy atom. The van der Waals surface area contributed by atoms with Gasteiger partial charge in [-0.15, -0.1) is 0 Å². The van der Waals surface area contributed by atoms with E-state index in [1.54, 1.807) is 6.33 Å². The van der Waals surface area contributed by atoms with Crippen molar-refractivity contribution in [1.82, 2.24) is 9.97 Å². The number of halogens is 1. The zero-order valence-electron chi connectivity index (χ0n) is 19.8. The molecule has 0 aliphatic rings. The highest BCUT2D eigenvalue weighted by atomic mass is 79.9. The van der Waals surface area contributed by atoms with Gasteiger partial charge in [0.2, 0.25) is 0 Å². The molecule has 1 aromatic carbocycles. The van der Waals surface area contributed by atoms with Gasteiger partial charge in [-0.3, -0.25) is 0 Å². The van der Waals surface area contributed by atoms with Crippen LogP contribution in [-0.2, 0) is 0 Å². The van der Waals surface area contributed by atoms with Gasteiger partial charge in [0.1, 0.15) is 12.0 Å². The number of hydrogen-bond acceptors (Lipinski definition) is 5. The van der Waals surface area contributed by atoms with Crippen LogP contribution in [0.5, 0.6) is 0 Å². The monoisotopic (exact) mass is 503 g/mol. The summed E-state index contributed by atoms with van der Waals surface area (Å²) >= 11 is 3.44. The largest absolute Gasteiger partial charge is 0.393 e. The molecule has 0 fully saturated rings. The van der Waals surface area contributed by atoms with E-state index in [0.717, 1.165) is 23.1 Å². The minimum absolute atomic E-state index is 0.556. The number of nitrogens with two attached hydrogens (primary N) is 1. The van der Waals surface area contributed by atoms with Gasteiger partial charge in [-0.1, -0.05) is 106 Å². The molecule has 0 unspecified atom stereocenters. The summed E-state index contributed by atoms with van der Waals surface area (Å²) in [5, 5.41) is 6.62. The van der Waals surface area contributed by atoms with Crippen molar-refractivity contribution >= 4 is 38.9 Å². The number of nitrogen functional groups attached to an aromatic ring is 1. The average Bonchev–Trinajstić information content (AvgIpc) is 2.80. The summed E-state index contributed by atoms with van der Waals surface area (Å²) in [5.41, 5.74) is 7.76. The van der Waals surface area contributed by atoms with E-state index in [1.165, 1.54) is 83.5 Å². The van der Waals surface area contributed by atoms with Crippen LogP contribution in [0.25, 0.3) is 0 Å². The SMILES string of the molecule is CCCCCCCCCCCCCCCCNc1ncnc(Nc2ccc(Br)cc2)c1N. The van der Waals surface area contributed by atoms with Crippen LogP contribution in [0.4, 0.5) is 23.0 Å². The molecule has 0 radical (unpaired) electrons. The van der Waals surface area contributed by atoms with E-state index in [2.05, 4.69) is 43.5 Å². The molecule has 0 bridgehead atoms. The topological polar surface area (TPSA) is 75.9 Å². The molecule has 0 saturated heterocycles. The predicted octanol–water partition coefficient (Wildman–Crippen LogP) is 8.46. The molecule has 1 heterocycles. The molecule has 0 aliphatic carbocycles. The minimum Gasteiger partial charge on any atom is -0.393 e. The number of unbranched alkanes of at least 4 members (excludes halogenated alkanes) is 13. The first-order chi connectivity index (χ1) is 15.7. The highest BCUT2D eigenvalue weighted by molar-refractivity contribution is 9.10. The Kier molecular flexibility index (Phi) is 13.8. The van der Waals surface area contributed by atoms with Gasteiger partial charge >= 0.3 is 0 Å². The molecule has 6 heteroatoms. The number of anilines is 4. The van der Waals surface area contributed by atoms with Gasteiger partial charge in [0.15, 0.2) is 11.6 Å². The van der Waals surface area contributed by atoms with Crippen molar-refractivity contribution < 1.29 is 0 Å². The molecule has 32 heavy (non-hydrogen) atoms. The Balaban J connectivity index is 1.50. The van der Waals surface area contributed by atoms with Crippen molar-refractivity contribution in [2.24, 2.45) is 0 Å². The first-order valence-corrected chi connectivity index (χ1v) is 13.4. The van der Waals surface area contributed by atoms with Crippen molar-refractivity contribution in [3.63, 3.8) is 0 Å². The van der Waals surface area contributed by atoms with E-state index in [-0.39, 0.29) is 0 Å². The standard InChI is InChI=1S/C26H42BrN5/c1-2-3-4-5-6-7-8-9-10-11-12-13-14-15-20-29-25-24(28)26(31-21-30-25)32-23-18-16-22(27)17-19-23/h16-19,21H,2-15,20,28H2,1H3,(H2,29,30,31,32). The van der Waals surface area contributed by atoms with E-state index in [0.29, 0.717) is 17.3 Å². The summed E-state index contributed by atoms with van der Waals surface area (Å²) in [5.74, 6) is 1.33. The maximum absolute atomic E-state index is 6.26. The molecular formula is C26H42BrN5. The van der Waals surface area contributed by atoms with Crippen molar-refractivity contribution in [2.45, 2.75) is 96.8 Å². The minimum atomic E-state index is 0.556. The predicted molar refractivity (Wildman–Crippen MR) is 143 cm³/mol. The second kappa shape index (κ2) is 16.8. The number of nitrogens with zero attached hydrogens (tertiary/aromatic N) is 2. The second-order valence-corrected chi connectivity index (χ2v) is 9.56. The lowest BCUT2D eigenvalue weighted by molar-refractivity contribution is 0.537. The zero-order chi connectivity index (χ0) is 22.9. The zero-order valence-corrected chi connectivity index (χ0v) is 21.4. The first kappa shape index (κ1) is 26.4. The highest BCUT2D eigenvalue weighted by Crippen LogP contribution is 2.26. The number of nitrogens with one attached hydrogen (secondary N) is 2. The lowest BCUT2D eigenvalue weighted by Crippen LogP contribution is -2.09. The molecule has 1 aromatic heterocycles. The molecule has 2 aromatic rings. The lowest BCUT2D eigenvalue weighted by Gasteiger charge is -2.12. The molecule has 0 amide bonds. The maximum Gasteiger partial charge on any atom is 0.159 e. The fraction of sp³-hybridized carbons (Fsp3) is 0.615. The van der Waals surface area contributed by atoms with E-state index in [4.69, 9.17) is 5.73 Å². The molecule has 0 saturated carbocycles. The number of rotatable bonds is 18. The fourth-order valence-electron chi connectivity index (χ4n) is 3.83. The highest BCUT2D eigenvalue weighted by Gasteiger charge is 2.08. The van der Waals surface area contributed by atoms with Crippen LogP contribution in [0, 0.1) is 0 Å². The average molecular weight is 505 g/mol. The van der Waals surface area contributed by atoms with Gasteiger partial charge in [-0.2, -0.15) is 0 Å². The van der Waals surface area contributed by atoms with Crippen LogP contribution in [0.3, 0.4) is 0 Å². The van der Waals surface area contributed by atoms with Gasteiger partial charge in [0, 0.05) is 16.7 Å². The van der Waals surface area contributed by atoms with E-state index in [1.807, 2.05) is 24.3 Å². The molecule has 0 aliphatic heterocycles. The molecule has 0 spiro atoms. The van der Waals surface area contributed by atoms with E-state index < -0.39 is 0 Å². The van der Waals surface area contributed by atoms with Crippen molar-refractivity contribution in [1.29, 1.82) is 0 Å². The Labute approximate surface area is 203 Å². The normalized spacial score (nSPS) is 10.9. The quantitative estimate of drug-likeness (QED) is 0.178.